The van der Waals surface area contributed by atoms with Gasteiger partial charge in [0, 0.05) is 17.6 Å². The third-order valence-electron chi connectivity index (χ3n) is 4.38. The number of hydrogen-bond acceptors (Lipinski definition) is 1. The summed E-state index contributed by atoms with van der Waals surface area (Å²) in [6, 6.07) is 12.3. The number of anilines is 1. The Labute approximate surface area is 135 Å². The highest BCUT2D eigenvalue weighted by molar-refractivity contribution is 5.89. The van der Waals surface area contributed by atoms with Crippen molar-refractivity contribution in [2.24, 2.45) is 0 Å². The highest BCUT2D eigenvalue weighted by atomic mass is 19.1. The third-order valence-corrected chi connectivity index (χ3v) is 4.38. The quantitative estimate of drug-likeness (QED) is 0.868. The topological polar surface area (TPSA) is 41.1 Å². The standard InChI is InChI=1S/C19H21FN2O/c1-13-9-14(2)11-17(10-13)22-18(23)21-12-19(7-8-19)15-3-5-16(20)6-4-15/h3-6,9-11H,7-8,12H2,1-2H3,(H2,21,22,23). The van der Waals surface area contributed by atoms with Gasteiger partial charge >= 0.3 is 6.03 Å². The lowest BCUT2D eigenvalue weighted by molar-refractivity contribution is 0.251. The summed E-state index contributed by atoms with van der Waals surface area (Å²) >= 11 is 0. The first-order valence-electron chi connectivity index (χ1n) is 7.86. The van der Waals surface area contributed by atoms with Gasteiger partial charge in [0.1, 0.15) is 5.82 Å². The van der Waals surface area contributed by atoms with E-state index in [1.807, 2.05) is 38.1 Å². The van der Waals surface area contributed by atoms with Gasteiger partial charge in [0.05, 0.1) is 0 Å². The molecular formula is C19H21FN2O. The van der Waals surface area contributed by atoms with Gasteiger partial charge in [-0.1, -0.05) is 18.2 Å². The van der Waals surface area contributed by atoms with Crippen molar-refractivity contribution in [2.75, 3.05) is 11.9 Å². The van der Waals surface area contributed by atoms with E-state index in [-0.39, 0.29) is 17.3 Å². The molecule has 2 amide bonds. The van der Waals surface area contributed by atoms with Gasteiger partial charge in [0.2, 0.25) is 0 Å². The Morgan fingerprint density at radius 1 is 1.09 bits per heavy atom. The molecule has 2 aromatic rings. The Hall–Kier alpha value is -2.36. The summed E-state index contributed by atoms with van der Waals surface area (Å²) in [7, 11) is 0. The molecule has 0 unspecified atom stereocenters. The molecule has 23 heavy (non-hydrogen) atoms. The average molecular weight is 312 g/mol. The van der Waals surface area contributed by atoms with Crippen LogP contribution in [-0.2, 0) is 5.41 Å². The van der Waals surface area contributed by atoms with Crippen molar-refractivity contribution in [3.63, 3.8) is 0 Å². The van der Waals surface area contributed by atoms with Gasteiger partial charge in [-0.25, -0.2) is 9.18 Å². The van der Waals surface area contributed by atoms with Crippen LogP contribution < -0.4 is 10.6 Å². The van der Waals surface area contributed by atoms with Gasteiger partial charge in [-0.05, 0) is 67.6 Å². The lowest BCUT2D eigenvalue weighted by Crippen LogP contribution is -2.35. The summed E-state index contributed by atoms with van der Waals surface area (Å²) in [5, 5.41) is 5.82. The number of carbonyl (C=O) groups is 1. The van der Waals surface area contributed by atoms with Gasteiger partial charge in [0.15, 0.2) is 0 Å². The van der Waals surface area contributed by atoms with Crippen LogP contribution in [0.2, 0.25) is 0 Å². The van der Waals surface area contributed by atoms with Gasteiger partial charge in [-0.15, -0.1) is 0 Å². The zero-order chi connectivity index (χ0) is 16.4. The van der Waals surface area contributed by atoms with E-state index < -0.39 is 0 Å². The number of aryl methyl sites for hydroxylation is 2. The van der Waals surface area contributed by atoms with Crippen molar-refractivity contribution < 1.29 is 9.18 Å². The molecule has 2 aromatic carbocycles. The monoisotopic (exact) mass is 312 g/mol. The summed E-state index contributed by atoms with van der Waals surface area (Å²) in [4.78, 5) is 12.1. The molecule has 1 aliphatic carbocycles. The van der Waals surface area contributed by atoms with Crippen LogP contribution in [0.25, 0.3) is 0 Å². The molecule has 0 bridgehead atoms. The van der Waals surface area contributed by atoms with Crippen LogP contribution in [0.4, 0.5) is 14.9 Å². The first-order valence-corrected chi connectivity index (χ1v) is 7.86. The van der Waals surface area contributed by atoms with Gasteiger partial charge in [0.25, 0.3) is 0 Å². The van der Waals surface area contributed by atoms with E-state index in [1.165, 1.54) is 12.1 Å². The third kappa shape index (κ3) is 3.70. The fourth-order valence-electron chi connectivity index (χ4n) is 2.99. The highest BCUT2D eigenvalue weighted by Gasteiger charge is 2.44. The molecular weight excluding hydrogens is 291 g/mol. The summed E-state index contributed by atoms with van der Waals surface area (Å²) in [5.74, 6) is -0.231. The van der Waals surface area contributed by atoms with Crippen LogP contribution in [0.5, 0.6) is 0 Å². The van der Waals surface area contributed by atoms with Gasteiger partial charge < -0.3 is 10.6 Å². The summed E-state index contributed by atoms with van der Waals surface area (Å²) in [5.41, 5.74) is 4.08. The van der Waals surface area contributed by atoms with Crippen LogP contribution >= 0.6 is 0 Å². The summed E-state index contributed by atoms with van der Waals surface area (Å²) in [6.45, 7) is 4.57. The van der Waals surface area contributed by atoms with Crippen molar-refractivity contribution >= 4 is 11.7 Å². The number of nitrogens with one attached hydrogen (secondary N) is 2. The number of halogens is 1. The van der Waals surface area contributed by atoms with Crippen LogP contribution in [0.15, 0.2) is 42.5 Å². The molecule has 3 nitrogen and oxygen atoms in total. The molecule has 0 radical (unpaired) electrons. The van der Waals surface area contributed by atoms with Crippen LogP contribution in [0.1, 0.15) is 29.5 Å². The van der Waals surface area contributed by atoms with Crippen molar-refractivity contribution in [3.05, 3.63) is 65.0 Å². The zero-order valence-electron chi connectivity index (χ0n) is 13.4. The summed E-state index contributed by atoms with van der Waals surface area (Å²) < 4.78 is 13.0. The number of rotatable bonds is 4. The van der Waals surface area contributed by atoms with E-state index in [2.05, 4.69) is 16.7 Å². The molecule has 4 heteroatoms. The predicted molar refractivity (Wildman–Crippen MR) is 90.2 cm³/mol. The second kappa shape index (κ2) is 6.03. The predicted octanol–water partition coefficient (Wildman–Crippen LogP) is 4.30. The summed E-state index contributed by atoms with van der Waals surface area (Å²) in [6.07, 6.45) is 2.03. The van der Waals surface area contributed by atoms with Crippen molar-refractivity contribution in [1.29, 1.82) is 0 Å². The second-order valence-electron chi connectivity index (χ2n) is 6.47. The lowest BCUT2D eigenvalue weighted by Gasteiger charge is -2.17. The fraction of sp³-hybridized carbons (Fsp3) is 0.316. The maximum Gasteiger partial charge on any atom is 0.319 e. The number of benzene rings is 2. The number of carbonyl (C=O) groups excluding carboxylic acids is 1. The first kappa shape index (κ1) is 15.5. The van der Waals surface area contributed by atoms with E-state index in [0.29, 0.717) is 6.54 Å². The average Bonchev–Trinajstić information content (AvgIpc) is 3.26. The van der Waals surface area contributed by atoms with E-state index in [0.717, 1.165) is 35.2 Å². The smallest absolute Gasteiger partial charge is 0.319 e. The fourth-order valence-corrected chi connectivity index (χ4v) is 2.99. The van der Waals surface area contributed by atoms with E-state index in [1.54, 1.807) is 0 Å². The van der Waals surface area contributed by atoms with E-state index in [9.17, 15) is 9.18 Å². The molecule has 0 spiro atoms. The Morgan fingerprint density at radius 3 is 2.26 bits per heavy atom. The lowest BCUT2D eigenvalue weighted by atomic mass is 9.96. The van der Waals surface area contributed by atoms with Crippen molar-refractivity contribution in [3.8, 4) is 0 Å². The molecule has 1 aliphatic rings. The Kier molecular flexibility index (Phi) is 4.07. The molecule has 0 atom stereocenters. The highest BCUT2D eigenvalue weighted by Crippen LogP contribution is 2.47. The van der Waals surface area contributed by atoms with Crippen molar-refractivity contribution in [2.45, 2.75) is 32.1 Å². The minimum atomic E-state index is -0.231. The minimum absolute atomic E-state index is 0.0342. The molecule has 0 aromatic heterocycles. The SMILES string of the molecule is Cc1cc(C)cc(NC(=O)NCC2(c3ccc(F)cc3)CC2)c1. The Bertz CT molecular complexity index is 700. The van der Waals surface area contributed by atoms with Crippen molar-refractivity contribution in [1.82, 2.24) is 5.32 Å². The molecule has 120 valence electrons. The molecule has 1 fully saturated rings. The number of urea groups is 1. The van der Waals surface area contributed by atoms with E-state index >= 15 is 0 Å². The maximum absolute atomic E-state index is 13.0. The Morgan fingerprint density at radius 2 is 1.70 bits per heavy atom. The molecule has 1 saturated carbocycles. The molecule has 0 saturated heterocycles. The molecule has 0 heterocycles. The first-order chi connectivity index (χ1) is 11.0. The number of hydrogen-bond donors (Lipinski definition) is 2. The van der Waals surface area contributed by atoms with Gasteiger partial charge in [-0.3, -0.25) is 0 Å². The maximum atomic E-state index is 13.0. The Balaban J connectivity index is 1.59. The molecule has 2 N–H and O–H groups in total. The van der Waals surface area contributed by atoms with E-state index in [4.69, 9.17) is 0 Å². The zero-order valence-corrected chi connectivity index (χ0v) is 13.4. The molecule has 0 aliphatic heterocycles. The normalized spacial score (nSPS) is 15.1. The minimum Gasteiger partial charge on any atom is -0.337 e. The van der Waals surface area contributed by atoms with Crippen LogP contribution in [-0.4, -0.2) is 12.6 Å². The molecule has 3 rings (SSSR count). The van der Waals surface area contributed by atoms with Crippen LogP contribution in [0.3, 0.4) is 0 Å². The van der Waals surface area contributed by atoms with Gasteiger partial charge in [-0.2, -0.15) is 0 Å². The largest absolute Gasteiger partial charge is 0.337 e. The van der Waals surface area contributed by atoms with Crippen LogP contribution in [0, 0.1) is 19.7 Å². The second-order valence-corrected chi connectivity index (χ2v) is 6.47. The number of amides is 2.